The zero-order valence-electron chi connectivity index (χ0n) is 82.1. The minimum absolute atomic E-state index is 1.17. The Bertz CT molecular complexity index is 8720. The lowest BCUT2D eigenvalue weighted by Gasteiger charge is -2.30. The molecular formula is C132H111N3Si6. The minimum atomic E-state index is -1.86. The van der Waals surface area contributed by atoms with Crippen molar-refractivity contribution < 1.29 is 0 Å². The second-order valence-electron chi connectivity index (χ2n) is 42.7. The highest BCUT2D eigenvalue weighted by molar-refractivity contribution is 7.07. The third-order valence-corrected chi connectivity index (χ3v) is 53.9. The van der Waals surface area contributed by atoms with Crippen molar-refractivity contribution in [1.29, 1.82) is 0 Å². The van der Waals surface area contributed by atoms with E-state index in [1.165, 1.54) is 220 Å². The molecule has 141 heavy (non-hydrogen) atoms. The van der Waals surface area contributed by atoms with Crippen LogP contribution in [0.2, 0.25) is 78.6 Å². The Morgan fingerprint density at radius 2 is 0.369 bits per heavy atom. The highest BCUT2D eigenvalue weighted by Crippen LogP contribution is 2.49. The third-order valence-electron chi connectivity index (χ3n) is 32.6. The van der Waals surface area contributed by atoms with Gasteiger partial charge in [0.1, 0.15) is 48.4 Å². The molecular weight excluding hydrogens is 1800 g/mol. The first-order valence-corrected chi connectivity index (χ1v) is 68.1. The van der Waals surface area contributed by atoms with Gasteiger partial charge in [0.15, 0.2) is 0 Å². The predicted octanol–water partition coefficient (Wildman–Crippen LogP) is 28.7. The summed E-state index contributed by atoms with van der Waals surface area (Å²) in [6.07, 6.45) is 0. The molecule has 6 aliphatic rings. The molecule has 0 saturated heterocycles. The summed E-state index contributed by atoms with van der Waals surface area (Å²) in [5.41, 5.74) is 35.2. The van der Waals surface area contributed by atoms with Gasteiger partial charge in [0.2, 0.25) is 0 Å². The lowest BCUT2D eigenvalue weighted by molar-refractivity contribution is 1.29. The predicted molar refractivity (Wildman–Crippen MR) is 625 cm³/mol. The Morgan fingerprint density at radius 1 is 0.128 bits per heavy atom. The highest BCUT2D eigenvalue weighted by atomic mass is 28.3. The van der Waals surface area contributed by atoms with Gasteiger partial charge in [-0.15, -0.1) is 0 Å². The van der Waals surface area contributed by atoms with Crippen LogP contribution in [0, 0.1) is 0 Å². The molecule has 0 amide bonds. The van der Waals surface area contributed by atoms with E-state index in [0.717, 1.165) is 0 Å². The monoisotopic (exact) mass is 1910 g/mol. The van der Waals surface area contributed by atoms with E-state index >= 15 is 0 Å². The van der Waals surface area contributed by atoms with E-state index in [4.69, 9.17) is 0 Å². The van der Waals surface area contributed by atoms with Crippen LogP contribution in [0.4, 0.5) is 51.2 Å². The van der Waals surface area contributed by atoms with Crippen LogP contribution in [0.1, 0.15) is 0 Å². The van der Waals surface area contributed by atoms with Gasteiger partial charge in [-0.3, -0.25) is 0 Å². The van der Waals surface area contributed by atoms with E-state index in [9.17, 15) is 0 Å². The first-order valence-electron chi connectivity index (χ1n) is 50.1. The quantitative estimate of drug-likeness (QED) is 0.113. The average Bonchev–Trinajstić information content (AvgIpc) is 1.58. The van der Waals surface area contributed by atoms with Gasteiger partial charge in [0.05, 0.1) is 5.69 Å². The van der Waals surface area contributed by atoms with E-state index in [2.05, 4.69) is 548 Å². The number of benzene rings is 21. The number of nitrogens with zero attached hydrogens (tertiary/aromatic N) is 3. The molecule has 6 heterocycles. The van der Waals surface area contributed by atoms with Crippen LogP contribution < -0.4 is 76.9 Å². The summed E-state index contributed by atoms with van der Waals surface area (Å²) in [7, 11) is -10.9. The summed E-state index contributed by atoms with van der Waals surface area (Å²) < 4.78 is 0. The van der Waals surface area contributed by atoms with Crippen LogP contribution >= 0.6 is 0 Å². The van der Waals surface area contributed by atoms with Gasteiger partial charge in [-0.2, -0.15) is 0 Å². The molecule has 0 aliphatic carbocycles. The Balaban J connectivity index is 0.000000111. The van der Waals surface area contributed by atoms with Gasteiger partial charge in [0.25, 0.3) is 0 Å². The molecule has 0 atom stereocenters. The van der Waals surface area contributed by atoms with E-state index in [0.29, 0.717) is 0 Å². The second kappa shape index (κ2) is 33.4. The fourth-order valence-corrected chi connectivity index (χ4v) is 43.5. The summed E-state index contributed by atoms with van der Waals surface area (Å²) in [4.78, 5) is 7.51. The van der Waals surface area contributed by atoms with Crippen molar-refractivity contribution in [1.82, 2.24) is 0 Å². The maximum absolute atomic E-state index is 2.53. The molecule has 678 valence electrons. The van der Waals surface area contributed by atoms with Crippen molar-refractivity contribution in [3.63, 3.8) is 0 Å². The molecule has 21 aromatic carbocycles. The smallest absolute Gasteiger partial charge is 0.113 e. The molecule has 0 saturated carbocycles. The molecule has 21 aromatic rings. The SMILES string of the molecule is C[Si]1(C)c2ccccc2-c2cc(N(c3ccc(-c4ccc5ccccc5c4)cc3)c3ccc4c(c3)[Si](C)(C)c3ccccc3-4)ccc21.C[Si]1(C)c2ccccc2-c2cc(N(c3cccc(-c4ccc5ccccc5c4)c3)c3ccc4c(c3)[Si](C)(C)c3ccccc3-4)ccc21.C[Si]1(C)c2ccccc2-c2ccc(N(c3ccc(-c4ccc5ccccc5c4)cc3)c3cccc4c3-c3ccccc3[Si]4(C)C)cc21. The van der Waals surface area contributed by atoms with Crippen LogP contribution in [0.15, 0.2) is 455 Å². The summed E-state index contributed by atoms with van der Waals surface area (Å²) in [6, 6.07) is 171. The number of hydrogen-bond donors (Lipinski definition) is 0. The Hall–Kier alpha value is -14.9. The molecule has 3 nitrogen and oxygen atoms in total. The van der Waals surface area contributed by atoms with Crippen molar-refractivity contribution >= 4 is 194 Å². The number of hydrogen-bond acceptors (Lipinski definition) is 3. The van der Waals surface area contributed by atoms with Gasteiger partial charge >= 0.3 is 0 Å². The fourth-order valence-electron chi connectivity index (χ4n) is 25.0. The van der Waals surface area contributed by atoms with Crippen LogP contribution in [0.25, 0.3) is 132 Å². The van der Waals surface area contributed by atoms with Crippen LogP contribution in [0.5, 0.6) is 0 Å². The maximum Gasteiger partial charge on any atom is 0.113 e. The highest BCUT2D eigenvalue weighted by Gasteiger charge is 2.45. The van der Waals surface area contributed by atoms with Gasteiger partial charge in [-0.05, 0) is 310 Å². The zero-order valence-corrected chi connectivity index (χ0v) is 88.1. The first kappa shape index (κ1) is 87.6. The van der Waals surface area contributed by atoms with Gasteiger partial charge in [-0.25, -0.2) is 0 Å². The number of rotatable bonds is 12. The van der Waals surface area contributed by atoms with Gasteiger partial charge in [-0.1, -0.05) is 412 Å². The second-order valence-corrected chi connectivity index (χ2v) is 68.7. The lowest BCUT2D eigenvalue weighted by Crippen LogP contribution is -2.49. The third kappa shape index (κ3) is 14.3. The molecule has 0 radical (unpaired) electrons. The Morgan fingerprint density at radius 3 is 0.766 bits per heavy atom. The van der Waals surface area contributed by atoms with E-state index < -0.39 is 48.4 Å². The van der Waals surface area contributed by atoms with Crippen molar-refractivity contribution in [2.75, 3.05) is 14.7 Å². The molecule has 6 aliphatic heterocycles. The van der Waals surface area contributed by atoms with E-state index in [-0.39, 0.29) is 0 Å². The summed E-state index contributed by atoms with van der Waals surface area (Å²) in [6.45, 7) is 30.0. The normalized spacial score (nSPS) is 14.7. The number of anilines is 9. The van der Waals surface area contributed by atoms with Crippen molar-refractivity contribution in [3.05, 3.63) is 455 Å². The Kier molecular flexibility index (Phi) is 20.8. The molecule has 0 spiro atoms. The standard InChI is InChI=1S/3C44H37NSi2/c1-46(2)42-19-10-8-17-38(42)40-28-35(23-25-43(40)46)45(36-22-24-39-37-16-7-9-18-41(37)47(3,4)44(39)29-36)34-15-11-14-32(27-34)33-21-20-30-12-5-6-13-31(30)26-33;1-46(2)41-18-10-8-15-38(41)44-39(16-11-19-42(44)46)45(35-26-27-37-36-14-7-9-17-40(36)47(3,4)43(37)29-35)34-24-22-31(23-25-34)33-21-20-30-12-5-6-13-32(30)28-33;1-46(2)42-16-10-8-14-38(42)40-28-35(24-26-43(40)46)45(36-23-25-39-37-13-7-9-15-41(37)47(3,4)44(39)29-36)34-21-19-31(20-22-34)33-18-17-30-11-5-6-12-32(30)27-33/h3*5-29H,1-4H3. The van der Waals surface area contributed by atoms with Crippen molar-refractivity contribution in [2.24, 2.45) is 0 Å². The molecule has 27 rings (SSSR count). The molecule has 9 heteroatoms. The summed E-state index contributed by atoms with van der Waals surface area (Å²) in [5, 5.41) is 26.0. The van der Waals surface area contributed by atoms with Gasteiger partial charge < -0.3 is 14.7 Å². The zero-order chi connectivity index (χ0) is 95.7. The topological polar surface area (TPSA) is 9.72 Å². The first-order chi connectivity index (χ1) is 68.4. The largest absolute Gasteiger partial charge is 0.310 e. The summed E-state index contributed by atoms with van der Waals surface area (Å²) in [5.74, 6) is 0. The minimum Gasteiger partial charge on any atom is -0.310 e. The molecule has 0 bridgehead atoms. The van der Waals surface area contributed by atoms with Crippen molar-refractivity contribution in [2.45, 2.75) is 78.6 Å². The molecule has 0 unspecified atom stereocenters. The molecule has 0 N–H and O–H groups in total. The Labute approximate surface area is 835 Å². The fraction of sp³-hybridized carbons (Fsp3) is 0.0909. The molecule has 0 fully saturated rings. The molecule has 0 aromatic heterocycles. The summed E-state index contributed by atoms with van der Waals surface area (Å²) >= 11 is 0. The lowest BCUT2D eigenvalue weighted by atomic mass is 9.99. The van der Waals surface area contributed by atoms with Gasteiger partial charge in [0, 0.05) is 51.1 Å². The van der Waals surface area contributed by atoms with Crippen molar-refractivity contribution in [3.8, 4) is 100 Å². The van der Waals surface area contributed by atoms with E-state index in [1.54, 1.807) is 25.9 Å². The number of fused-ring (bicyclic) bond motifs is 21. The van der Waals surface area contributed by atoms with Crippen LogP contribution in [-0.4, -0.2) is 48.4 Å². The van der Waals surface area contributed by atoms with Crippen LogP contribution in [0.3, 0.4) is 0 Å². The van der Waals surface area contributed by atoms with E-state index in [1.807, 2.05) is 0 Å². The average molecular weight is 1910 g/mol. The maximum atomic E-state index is 2.53. The van der Waals surface area contributed by atoms with Crippen LogP contribution in [-0.2, 0) is 0 Å².